The summed E-state index contributed by atoms with van der Waals surface area (Å²) in [5, 5.41) is 0.251. The summed E-state index contributed by atoms with van der Waals surface area (Å²) >= 11 is 6.21. The number of rotatable bonds is 4. The van der Waals surface area contributed by atoms with Gasteiger partial charge >= 0.3 is 0 Å². The van der Waals surface area contributed by atoms with Crippen molar-refractivity contribution in [2.75, 3.05) is 5.73 Å². The molecule has 1 aliphatic carbocycles. The van der Waals surface area contributed by atoms with Crippen LogP contribution in [0.1, 0.15) is 31.7 Å². The molecule has 1 aromatic carbocycles. The molecule has 0 saturated heterocycles. The Bertz CT molecular complexity index is 857. The fourth-order valence-electron chi connectivity index (χ4n) is 2.58. The Morgan fingerprint density at radius 1 is 1.27 bits per heavy atom. The van der Waals surface area contributed by atoms with Crippen LogP contribution in [0, 0.1) is 0 Å². The molecule has 3 rings (SSSR count). The normalized spacial score (nSPS) is 11.4. The standard InChI is InChI=1S/C17H17ClN2O2/c1-2-3-4-5-11-16(18)13(21)9-15-17(11)20-12-7-6-10(19)8-14(12)22-15/h6-9H,2-5,19H2,1H3. The van der Waals surface area contributed by atoms with Crippen LogP contribution in [0.25, 0.3) is 22.6 Å². The summed E-state index contributed by atoms with van der Waals surface area (Å²) in [7, 11) is 0. The molecule has 22 heavy (non-hydrogen) atoms. The lowest BCUT2D eigenvalue weighted by molar-refractivity contribution is 0.609. The Balaban J connectivity index is 2.22. The van der Waals surface area contributed by atoms with Gasteiger partial charge in [-0.25, -0.2) is 4.98 Å². The molecule has 1 aliphatic heterocycles. The molecular formula is C17H17ClN2O2. The number of nitrogen functional groups attached to an aromatic ring is 1. The molecule has 2 N–H and O–H groups in total. The van der Waals surface area contributed by atoms with Crippen molar-refractivity contribution in [3.8, 4) is 11.5 Å². The summed E-state index contributed by atoms with van der Waals surface area (Å²) in [6, 6.07) is 6.69. The van der Waals surface area contributed by atoms with Gasteiger partial charge in [0.25, 0.3) is 0 Å². The number of fused-ring (bicyclic) bond motifs is 2. The van der Waals surface area contributed by atoms with Crippen molar-refractivity contribution < 1.29 is 4.42 Å². The van der Waals surface area contributed by atoms with E-state index in [4.69, 9.17) is 21.8 Å². The van der Waals surface area contributed by atoms with E-state index < -0.39 is 0 Å². The average Bonchev–Trinajstić information content (AvgIpc) is 2.49. The third kappa shape index (κ3) is 2.66. The number of halogens is 1. The van der Waals surface area contributed by atoms with Crippen molar-refractivity contribution in [1.82, 2.24) is 4.98 Å². The summed E-state index contributed by atoms with van der Waals surface area (Å²) in [6.45, 7) is 2.13. The zero-order valence-corrected chi connectivity index (χ0v) is 13.1. The van der Waals surface area contributed by atoms with Gasteiger partial charge in [-0.1, -0.05) is 31.4 Å². The summed E-state index contributed by atoms with van der Waals surface area (Å²) in [4.78, 5) is 16.7. The van der Waals surface area contributed by atoms with Gasteiger partial charge in [0.15, 0.2) is 11.3 Å². The molecule has 2 aliphatic rings. The number of hydrogen-bond acceptors (Lipinski definition) is 4. The second kappa shape index (κ2) is 5.97. The Kier molecular flexibility index (Phi) is 4.03. The fourth-order valence-corrected chi connectivity index (χ4v) is 2.81. The largest absolute Gasteiger partial charge is 0.453 e. The first kappa shape index (κ1) is 14.9. The summed E-state index contributed by atoms with van der Waals surface area (Å²) in [6.07, 6.45) is 3.88. The van der Waals surface area contributed by atoms with Gasteiger partial charge in [-0.15, -0.1) is 0 Å². The van der Waals surface area contributed by atoms with Gasteiger partial charge in [-0.05, 0) is 25.0 Å². The van der Waals surface area contributed by atoms with Gasteiger partial charge in [0.2, 0.25) is 5.43 Å². The van der Waals surface area contributed by atoms with Crippen molar-refractivity contribution in [1.29, 1.82) is 0 Å². The van der Waals surface area contributed by atoms with Gasteiger partial charge < -0.3 is 10.2 Å². The number of aromatic nitrogens is 1. The quantitative estimate of drug-likeness (QED) is 0.443. The van der Waals surface area contributed by atoms with E-state index in [-0.39, 0.29) is 10.5 Å². The number of nitrogens with two attached hydrogens (primary N) is 1. The molecule has 4 nitrogen and oxygen atoms in total. The van der Waals surface area contributed by atoms with Gasteiger partial charge in [-0.3, -0.25) is 4.79 Å². The summed E-state index contributed by atoms with van der Waals surface area (Å²) in [5.74, 6) is 0.457. The first-order valence-corrected chi connectivity index (χ1v) is 7.79. The molecule has 1 heterocycles. The van der Waals surface area contributed by atoms with Crippen LogP contribution in [0.3, 0.4) is 0 Å². The highest BCUT2D eigenvalue weighted by Crippen LogP contribution is 2.31. The SMILES string of the molecule is CCCCCc1c2nc3ccc(N)cc3oc-2cc(=O)c1Cl. The molecule has 0 bridgehead atoms. The molecule has 0 spiro atoms. The maximum absolute atomic E-state index is 12.0. The average molecular weight is 317 g/mol. The molecule has 0 atom stereocenters. The molecule has 114 valence electrons. The van der Waals surface area contributed by atoms with Gasteiger partial charge in [-0.2, -0.15) is 0 Å². The minimum absolute atomic E-state index is 0.227. The van der Waals surface area contributed by atoms with Crippen molar-refractivity contribution in [3.63, 3.8) is 0 Å². The Hall–Kier alpha value is -2.07. The van der Waals surface area contributed by atoms with E-state index in [1.54, 1.807) is 12.1 Å². The van der Waals surface area contributed by atoms with Crippen LogP contribution in [0.15, 0.2) is 33.5 Å². The highest BCUT2D eigenvalue weighted by molar-refractivity contribution is 6.31. The molecule has 0 amide bonds. The number of nitrogens with zero attached hydrogens (tertiary/aromatic N) is 1. The second-order valence-corrected chi connectivity index (χ2v) is 5.79. The fraction of sp³-hybridized carbons (Fsp3) is 0.294. The van der Waals surface area contributed by atoms with Gasteiger partial charge in [0.05, 0.1) is 5.02 Å². The van der Waals surface area contributed by atoms with E-state index in [1.807, 2.05) is 6.07 Å². The third-order valence-electron chi connectivity index (χ3n) is 3.73. The lowest BCUT2D eigenvalue weighted by atomic mass is 10.0. The lowest BCUT2D eigenvalue weighted by Crippen LogP contribution is -2.09. The smallest absolute Gasteiger partial charge is 0.201 e. The van der Waals surface area contributed by atoms with E-state index in [1.165, 1.54) is 6.07 Å². The summed E-state index contributed by atoms with van der Waals surface area (Å²) in [5.41, 5.74) is 8.84. The highest BCUT2D eigenvalue weighted by Gasteiger charge is 2.19. The minimum Gasteiger partial charge on any atom is -0.453 e. The Morgan fingerprint density at radius 2 is 2.09 bits per heavy atom. The van der Waals surface area contributed by atoms with Gasteiger partial charge in [0.1, 0.15) is 11.2 Å². The zero-order valence-electron chi connectivity index (χ0n) is 12.4. The van der Waals surface area contributed by atoms with Crippen molar-refractivity contribution in [2.24, 2.45) is 0 Å². The third-order valence-corrected chi connectivity index (χ3v) is 4.14. The molecule has 0 radical (unpaired) electrons. The molecule has 0 unspecified atom stereocenters. The number of hydrogen-bond donors (Lipinski definition) is 1. The van der Waals surface area contributed by atoms with E-state index >= 15 is 0 Å². The van der Waals surface area contributed by atoms with Crippen LogP contribution < -0.4 is 11.2 Å². The topological polar surface area (TPSA) is 69.1 Å². The summed E-state index contributed by atoms with van der Waals surface area (Å²) < 4.78 is 5.81. The number of anilines is 1. The number of unbranched alkanes of at least 4 members (excludes halogenated alkanes) is 2. The van der Waals surface area contributed by atoms with Crippen LogP contribution in [0.4, 0.5) is 5.69 Å². The van der Waals surface area contributed by atoms with Crippen molar-refractivity contribution in [2.45, 2.75) is 32.6 Å². The van der Waals surface area contributed by atoms with E-state index in [2.05, 4.69) is 11.9 Å². The molecule has 1 aromatic rings. The van der Waals surface area contributed by atoms with Crippen LogP contribution in [-0.4, -0.2) is 4.98 Å². The van der Waals surface area contributed by atoms with Crippen LogP contribution in [0.2, 0.25) is 5.02 Å². The first-order chi connectivity index (χ1) is 10.6. The van der Waals surface area contributed by atoms with Crippen molar-refractivity contribution >= 4 is 28.4 Å². The van der Waals surface area contributed by atoms with Crippen LogP contribution in [0.5, 0.6) is 0 Å². The molecular weight excluding hydrogens is 300 g/mol. The Labute approximate surface area is 133 Å². The molecule has 0 saturated carbocycles. The monoisotopic (exact) mass is 316 g/mol. The van der Waals surface area contributed by atoms with Crippen LogP contribution in [-0.2, 0) is 6.42 Å². The van der Waals surface area contributed by atoms with Crippen LogP contribution >= 0.6 is 11.6 Å². The minimum atomic E-state index is -0.227. The maximum atomic E-state index is 12.0. The van der Waals surface area contributed by atoms with Gasteiger partial charge in [0, 0.05) is 23.4 Å². The predicted octanol–water partition coefficient (Wildman–Crippen LogP) is 4.26. The number of benzene rings is 2. The lowest BCUT2D eigenvalue weighted by Gasteiger charge is -2.12. The van der Waals surface area contributed by atoms with E-state index in [0.29, 0.717) is 28.2 Å². The molecule has 5 heteroatoms. The van der Waals surface area contributed by atoms with Crippen molar-refractivity contribution in [3.05, 3.63) is 45.1 Å². The van der Waals surface area contributed by atoms with E-state index in [9.17, 15) is 4.79 Å². The van der Waals surface area contributed by atoms with E-state index in [0.717, 1.165) is 31.2 Å². The maximum Gasteiger partial charge on any atom is 0.201 e. The zero-order chi connectivity index (χ0) is 15.7. The highest BCUT2D eigenvalue weighted by atomic mass is 35.5. The molecule has 0 aromatic heterocycles. The predicted molar refractivity (Wildman–Crippen MR) is 89.6 cm³/mol. The second-order valence-electron chi connectivity index (χ2n) is 5.41. The Morgan fingerprint density at radius 3 is 2.86 bits per heavy atom. The first-order valence-electron chi connectivity index (χ1n) is 7.41. The molecule has 0 fully saturated rings.